The maximum absolute atomic E-state index is 13.7. The zero-order valence-electron chi connectivity index (χ0n) is 17.6. The molecule has 3 aliphatic heterocycles. The van der Waals surface area contributed by atoms with E-state index in [1.807, 2.05) is 12.1 Å². The average Bonchev–Trinajstić information content (AvgIpc) is 3.26. The largest absolute Gasteiger partial charge is 0.381 e. The summed E-state index contributed by atoms with van der Waals surface area (Å²) in [7, 11) is 0. The Labute approximate surface area is 177 Å². The first-order valence-electron chi connectivity index (χ1n) is 11.6. The number of rotatable bonds is 5. The highest BCUT2D eigenvalue weighted by Gasteiger charge is 2.41. The summed E-state index contributed by atoms with van der Waals surface area (Å²) < 4.78 is 32.8. The molecule has 0 amide bonds. The van der Waals surface area contributed by atoms with E-state index in [4.69, 9.17) is 4.74 Å². The second kappa shape index (κ2) is 8.54. The quantitative estimate of drug-likeness (QED) is 0.788. The lowest BCUT2D eigenvalue weighted by atomic mass is 10.00. The van der Waals surface area contributed by atoms with E-state index in [0.29, 0.717) is 24.8 Å². The van der Waals surface area contributed by atoms with E-state index in [-0.39, 0.29) is 13.0 Å². The molecule has 8 heteroatoms. The number of ether oxygens (including phenoxy) is 1. The third-order valence-electron chi connectivity index (χ3n) is 7.40. The van der Waals surface area contributed by atoms with Crippen molar-refractivity contribution in [2.45, 2.75) is 50.5 Å². The number of aromatic nitrogens is 2. The maximum atomic E-state index is 13.7. The summed E-state index contributed by atoms with van der Waals surface area (Å²) in [5.41, 5.74) is 0. The van der Waals surface area contributed by atoms with Crippen molar-refractivity contribution in [2.24, 2.45) is 17.8 Å². The van der Waals surface area contributed by atoms with Gasteiger partial charge in [0.05, 0.1) is 6.54 Å². The van der Waals surface area contributed by atoms with Gasteiger partial charge in [0, 0.05) is 51.9 Å². The Kier molecular flexibility index (Phi) is 5.79. The van der Waals surface area contributed by atoms with E-state index in [9.17, 15) is 8.78 Å². The molecule has 3 saturated heterocycles. The van der Waals surface area contributed by atoms with Crippen molar-refractivity contribution in [1.82, 2.24) is 15.1 Å². The lowest BCUT2D eigenvalue weighted by Crippen LogP contribution is -2.43. The molecular weight excluding hydrogens is 388 g/mol. The van der Waals surface area contributed by atoms with Crippen molar-refractivity contribution in [2.75, 3.05) is 56.2 Å². The second-order valence-corrected chi connectivity index (χ2v) is 9.76. The molecule has 0 aromatic carbocycles. The van der Waals surface area contributed by atoms with Gasteiger partial charge in [-0.3, -0.25) is 0 Å². The smallest absolute Gasteiger partial charge is 0.265 e. The zero-order chi connectivity index (χ0) is 20.6. The van der Waals surface area contributed by atoms with Crippen molar-refractivity contribution >= 4 is 11.6 Å². The molecule has 3 atom stereocenters. The van der Waals surface area contributed by atoms with Gasteiger partial charge in [0.25, 0.3) is 5.92 Å². The molecular formula is C22H33F2N5O. The number of piperidine rings is 1. The van der Waals surface area contributed by atoms with Crippen LogP contribution in [0.3, 0.4) is 0 Å². The molecule has 1 N–H and O–H groups in total. The molecule has 1 aliphatic carbocycles. The molecule has 0 radical (unpaired) electrons. The summed E-state index contributed by atoms with van der Waals surface area (Å²) in [6, 6.07) is 4.15. The van der Waals surface area contributed by atoms with Gasteiger partial charge in [-0.15, -0.1) is 10.2 Å². The molecule has 166 valence electrons. The predicted molar refractivity (Wildman–Crippen MR) is 112 cm³/mol. The Balaban J connectivity index is 1.10. The van der Waals surface area contributed by atoms with Gasteiger partial charge in [0.15, 0.2) is 5.82 Å². The Hall–Kier alpha value is -1.54. The first-order valence-corrected chi connectivity index (χ1v) is 11.6. The molecule has 4 fully saturated rings. The molecule has 0 bridgehead atoms. The Bertz CT molecular complexity index is 698. The minimum atomic E-state index is -2.63. The Morgan fingerprint density at radius 3 is 2.53 bits per heavy atom. The Morgan fingerprint density at radius 1 is 1.10 bits per heavy atom. The highest BCUT2D eigenvalue weighted by Crippen LogP contribution is 2.39. The minimum absolute atomic E-state index is 0.0346. The summed E-state index contributed by atoms with van der Waals surface area (Å²) >= 11 is 0. The summed E-state index contributed by atoms with van der Waals surface area (Å²) in [5.74, 6) is 1.02. The number of alkyl halides is 2. The van der Waals surface area contributed by atoms with Gasteiger partial charge in [-0.1, -0.05) is 0 Å². The van der Waals surface area contributed by atoms with Gasteiger partial charge in [-0.25, -0.2) is 8.78 Å². The first-order chi connectivity index (χ1) is 14.5. The fourth-order valence-electron chi connectivity index (χ4n) is 5.90. The molecule has 0 spiro atoms. The van der Waals surface area contributed by atoms with E-state index in [1.165, 1.54) is 45.3 Å². The van der Waals surface area contributed by atoms with E-state index in [2.05, 4.69) is 20.4 Å². The SMILES string of the molecule is FC1(F)CCCN(c2ccc(N[C@H]3C[C@@H]4CN(CC5CCOCC5)C[C@@H]4C3)nn2)C1. The molecule has 0 unspecified atom stereocenters. The van der Waals surface area contributed by atoms with E-state index in [1.54, 1.807) is 4.90 Å². The number of hydrogen-bond acceptors (Lipinski definition) is 6. The van der Waals surface area contributed by atoms with Gasteiger partial charge in [-0.05, 0) is 62.0 Å². The van der Waals surface area contributed by atoms with Crippen molar-refractivity contribution < 1.29 is 13.5 Å². The summed E-state index contributed by atoms with van der Waals surface area (Å²) in [5, 5.41) is 12.0. The van der Waals surface area contributed by atoms with Gasteiger partial charge < -0.3 is 19.9 Å². The van der Waals surface area contributed by atoms with Gasteiger partial charge in [0.2, 0.25) is 0 Å². The van der Waals surface area contributed by atoms with Crippen LogP contribution in [-0.2, 0) is 4.74 Å². The van der Waals surface area contributed by atoms with Crippen LogP contribution in [0.5, 0.6) is 0 Å². The number of fused-ring (bicyclic) bond motifs is 1. The standard InChI is InChI=1S/C22H33F2N5O/c23-22(24)6-1-7-29(15-22)21-3-2-20(26-27-21)25-19-10-17-13-28(14-18(17)11-19)12-16-4-8-30-9-5-16/h2-3,16-19H,1,4-15H2,(H,25,26)/t17-,18+,19+. The molecule has 6 nitrogen and oxygen atoms in total. The molecule has 4 heterocycles. The monoisotopic (exact) mass is 421 g/mol. The molecule has 4 aliphatic rings. The van der Waals surface area contributed by atoms with Gasteiger partial charge in [0.1, 0.15) is 5.82 Å². The van der Waals surface area contributed by atoms with Crippen LogP contribution < -0.4 is 10.2 Å². The van der Waals surface area contributed by atoms with Crippen molar-refractivity contribution in [3.05, 3.63) is 12.1 Å². The van der Waals surface area contributed by atoms with Gasteiger partial charge >= 0.3 is 0 Å². The summed E-state index contributed by atoms with van der Waals surface area (Å²) in [6.07, 6.45) is 5.23. The van der Waals surface area contributed by atoms with Crippen LogP contribution in [0.1, 0.15) is 38.5 Å². The van der Waals surface area contributed by atoms with Crippen LogP contribution in [0.15, 0.2) is 12.1 Å². The average molecular weight is 422 g/mol. The lowest BCUT2D eigenvalue weighted by molar-refractivity contribution is -0.0118. The maximum Gasteiger partial charge on any atom is 0.265 e. The molecule has 1 aromatic rings. The number of nitrogens with zero attached hydrogens (tertiary/aromatic N) is 4. The van der Waals surface area contributed by atoms with E-state index < -0.39 is 5.92 Å². The minimum Gasteiger partial charge on any atom is -0.381 e. The predicted octanol–water partition coefficient (Wildman–Crippen LogP) is 3.26. The third-order valence-corrected chi connectivity index (χ3v) is 7.40. The second-order valence-electron chi connectivity index (χ2n) is 9.76. The molecule has 30 heavy (non-hydrogen) atoms. The highest BCUT2D eigenvalue weighted by atomic mass is 19.3. The van der Waals surface area contributed by atoms with Crippen LogP contribution in [0.25, 0.3) is 0 Å². The number of nitrogens with one attached hydrogen (secondary N) is 1. The van der Waals surface area contributed by atoms with Crippen molar-refractivity contribution in [3.63, 3.8) is 0 Å². The summed E-state index contributed by atoms with van der Waals surface area (Å²) in [4.78, 5) is 4.32. The van der Waals surface area contributed by atoms with Crippen LogP contribution in [-0.4, -0.2) is 73.0 Å². The van der Waals surface area contributed by atoms with E-state index >= 15 is 0 Å². The van der Waals surface area contributed by atoms with Crippen LogP contribution in [0.2, 0.25) is 0 Å². The lowest BCUT2D eigenvalue weighted by Gasteiger charge is -2.32. The molecule has 1 aromatic heterocycles. The van der Waals surface area contributed by atoms with Crippen molar-refractivity contribution in [3.8, 4) is 0 Å². The fourth-order valence-corrected chi connectivity index (χ4v) is 5.90. The number of hydrogen-bond donors (Lipinski definition) is 1. The number of halogens is 2. The highest BCUT2D eigenvalue weighted by molar-refractivity contribution is 5.44. The summed E-state index contributed by atoms with van der Waals surface area (Å²) in [6.45, 7) is 5.88. The van der Waals surface area contributed by atoms with Crippen molar-refractivity contribution in [1.29, 1.82) is 0 Å². The fraction of sp³-hybridized carbons (Fsp3) is 0.818. The first kappa shape index (κ1) is 20.4. The topological polar surface area (TPSA) is 53.5 Å². The normalized spacial score (nSPS) is 32.3. The van der Waals surface area contributed by atoms with Crippen LogP contribution in [0, 0.1) is 17.8 Å². The Morgan fingerprint density at radius 2 is 1.87 bits per heavy atom. The van der Waals surface area contributed by atoms with Crippen LogP contribution >= 0.6 is 0 Å². The van der Waals surface area contributed by atoms with E-state index in [0.717, 1.165) is 36.8 Å². The number of anilines is 2. The zero-order valence-corrected chi connectivity index (χ0v) is 17.6. The molecule has 1 saturated carbocycles. The number of likely N-dealkylation sites (tertiary alicyclic amines) is 1. The third kappa shape index (κ3) is 4.69. The molecule has 5 rings (SSSR count). The van der Waals surface area contributed by atoms with Gasteiger partial charge in [-0.2, -0.15) is 0 Å². The van der Waals surface area contributed by atoms with Crippen LogP contribution in [0.4, 0.5) is 20.4 Å².